The minimum Gasteiger partial charge on any atom is -0.344 e. The van der Waals surface area contributed by atoms with Crippen molar-refractivity contribution >= 4 is 11.8 Å². The van der Waals surface area contributed by atoms with Crippen molar-refractivity contribution in [2.45, 2.75) is 6.54 Å². The largest absolute Gasteiger partial charge is 0.344 e. The van der Waals surface area contributed by atoms with E-state index in [1.54, 1.807) is 23.5 Å². The van der Waals surface area contributed by atoms with Crippen LogP contribution in [0.25, 0.3) is 0 Å². The lowest BCUT2D eigenvalue weighted by Crippen LogP contribution is -2.55. The monoisotopic (exact) mass is 277 g/mol. The molecule has 20 heavy (non-hydrogen) atoms. The zero-order valence-corrected chi connectivity index (χ0v) is 11.5. The molecule has 1 aromatic heterocycles. The summed E-state index contributed by atoms with van der Waals surface area (Å²) in [4.78, 5) is 29.5. The molecule has 2 amide bonds. The quantitative estimate of drug-likeness (QED) is 0.691. The molecule has 0 saturated carbocycles. The average molecular weight is 277 g/mol. The Balaban J connectivity index is 1.73. The molecule has 1 saturated heterocycles. The highest BCUT2D eigenvalue weighted by Gasteiger charge is 2.19. The molecule has 1 aliphatic rings. The molecule has 0 radical (unpaired) electrons. The number of hydrazine groups is 1. The maximum atomic E-state index is 11.7. The number of hydrogen-bond donors (Lipinski definition) is 2. The molecule has 1 aliphatic heterocycles. The van der Waals surface area contributed by atoms with Crippen LogP contribution in [0.5, 0.6) is 0 Å². The number of nitrogens with zero attached hydrogens (tertiary/aromatic N) is 3. The number of carbonyl (C=O) groups is 2. The van der Waals surface area contributed by atoms with Crippen LogP contribution in [0, 0.1) is 0 Å². The molecule has 0 unspecified atom stereocenters. The first-order valence-electron chi connectivity index (χ1n) is 6.56. The second kappa shape index (κ2) is 6.97. The predicted molar refractivity (Wildman–Crippen MR) is 73.3 cm³/mol. The Bertz CT molecular complexity index is 457. The minimum absolute atomic E-state index is 0.294. The summed E-state index contributed by atoms with van der Waals surface area (Å²) < 4.78 is 0. The maximum Gasteiger partial charge on any atom is 0.323 e. The van der Waals surface area contributed by atoms with E-state index < -0.39 is 11.8 Å². The van der Waals surface area contributed by atoms with Gasteiger partial charge in [0.2, 0.25) is 0 Å². The van der Waals surface area contributed by atoms with Crippen LogP contribution in [-0.2, 0) is 16.1 Å². The van der Waals surface area contributed by atoms with Gasteiger partial charge in [-0.15, -0.1) is 0 Å². The van der Waals surface area contributed by atoms with Crippen LogP contribution in [0.4, 0.5) is 0 Å². The van der Waals surface area contributed by atoms with E-state index in [1.807, 2.05) is 13.1 Å². The molecule has 2 heterocycles. The highest BCUT2D eigenvalue weighted by molar-refractivity contribution is 6.34. The molecular formula is C13H19N5O2. The maximum absolute atomic E-state index is 11.7. The van der Waals surface area contributed by atoms with Gasteiger partial charge in [-0.05, 0) is 18.7 Å². The van der Waals surface area contributed by atoms with Crippen LogP contribution >= 0.6 is 0 Å². The fourth-order valence-corrected chi connectivity index (χ4v) is 1.88. The molecule has 2 rings (SSSR count). The Hall–Kier alpha value is -1.99. The molecule has 0 aliphatic carbocycles. The first-order valence-corrected chi connectivity index (χ1v) is 6.56. The molecule has 0 aromatic carbocycles. The fourth-order valence-electron chi connectivity index (χ4n) is 1.88. The molecule has 0 bridgehead atoms. The van der Waals surface area contributed by atoms with Crippen molar-refractivity contribution in [1.82, 2.24) is 25.6 Å². The van der Waals surface area contributed by atoms with E-state index in [4.69, 9.17) is 0 Å². The van der Waals surface area contributed by atoms with Gasteiger partial charge in [0.25, 0.3) is 0 Å². The lowest BCUT2D eigenvalue weighted by molar-refractivity contribution is -0.142. The molecule has 7 heteroatoms. The normalized spacial score (nSPS) is 16.6. The van der Waals surface area contributed by atoms with E-state index >= 15 is 0 Å². The average Bonchev–Trinajstić information content (AvgIpc) is 2.48. The summed E-state index contributed by atoms with van der Waals surface area (Å²) in [5, 5.41) is 4.34. The summed E-state index contributed by atoms with van der Waals surface area (Å²) >= 11 is 0. The lowest BCUT2D eigenvalue weighted by atomic mass is 10.3. The second-order valence-corrected chi connectivity index (χ2v) is 4.78. The van der Waals surface area contributed by atoms with Crippen molar-refractivity contribution in [3.63, 3.8) is 0 Å². The fraction of sp³-hybridized carbons (Fsp3) is 0.462. The van der Waals surface area contributed by atoms with Gasteiger partial charge < -0.3 is 10.2 Å². The van der Waals surface area contributed by atoms with E-state index in [1.165, 1.54) is 0 Å². The third kappa shape index (κ3) is 4.29. The molecule has 7 nitrogen and oxygen atoms in total. The van der Waals surface area contributed by atoms with Crippen molar-refractivity contribution in [2.75, 3.05) is 33.2 Å². The predicted octanol–water partition coefficient (Wildman–Crippen LogP) is -1.02. The number of rotatable bonds is 3. The van der Waals surface area contributed by atoms with Crippen molar-refractivity contribution < 1.29 is 9.59 Å². The molecule has 2 N–H and O–H groups in total. The summed E-state index contributed by atoms with van der Waals surface area (Å²) in [5.41, 5.74) is 3.47. The SMILES string of the molecule is CN1CCN(NC(=O)C(=O)NCc2cccnc2)CC1. The summed E-state index contributed by atoms with van der Waals surface area (Å²) in [5.74, 6) is -1.26. The number of pyridine rings is 1. The topological polar surface area (TPSA) is 77.6 Å². The van der Waals surface area contributed by atoms with Crippen LogP contribution in [0.15, 0.2) is 24.5 Å². The number of carbonyl (C=O) groups excluding carboxylic acids is 2. The third-order valence-electron chi connectivity index (χ3n) is 3.15. The molecule has 108 valence electrons. The van der Waals surface area contributed by atoms with Gasteiger partial charge in [-0.3, -0.25) is 20.0 Å². The molecule has 0 atom stereocenters. The van der Waals surface area contributed by atoms with Crippen LogP contribution in [0.3, 0.4) is 0 Å². The summed E-state index contributed by atoms with van der Waals surface area (Å²) in [6.45, 7) is 3.48. The van der Waals surface area contributed by atoms with E-state index in [2.05, 4.69) is 20.6 Å². The van der Waals surface area contributed by atoms with Crippen molar-refractivity contribution in [1.29, 1.82) is 0 Å². The zero-order valence-electron chi connectivity index (χ0n) is 11.5. The van der Waals surface area contributed by atoms with Gasteiger partial charge >= 0.3 is 11.8 Å². The van der Waals surface area contributed by atoms with Crippen molar-refractivity contribution in [3.05, 3.63) is 30.1 Å². The first-order chi connectivity index (χ1) is 9.65. The number of amides is 2. The number of likely N-dealkylation sites (N-methyl/N-ethyl adjacent to an activating group) is 1. The van der Waals surface area contributed by atoms with Crippen LogP contribution in [-0.4, -0.2) is 59.9 Å². The Labute approximate surface area is 117 Å². The van der Waals surface area contributed by atoms with Gasteiger partial charge in [-0.2, -0.15) is 0 Å². The zero-order chi connectivity index (χ0) is 14.4. The van der Waals surface area contributed by atoms with E-state index in [9.17, 15) is 9.59 Å². The number of nitrogens with one attached hydrogen (secondary N) is 2. The van der Waals surface area contributed by atoms with Crippen LogP contribution in [0.2, 0.25) is 0 Å². The van der Waals surface area contributed by atoms with E-state index in [0.29, 0.717) is 6.54 Å². The highest BCUT2D eigenvalue weighted by atomic mass is 16.2. The van der Waals surface area contributed by atoms with Gasteiger partial charge in [-0.25, -0.2) is 5.01 Å². The Morgan fingerprint density at radius 2 is 2.00 bits per heavy atom. The van der Waals surface area contributed by atoms with Gasteiger partial charge in [0.15, 0.2) is 0 Å². The first kappa shape index (κ1) is 14.4. The Morgan fingerprint density at radius 1 is 1.25 bits per heavy atom. The van der Waals surface area contributed by atoms with Crippen LogP contribution in [0.1, 0.15) is 5.56 Å². The van der Waals surface area contributed by atoms with Gasteiger partial charge in [-0.1, -0.05) is 6.07 Å². The molecular weight excluding hydrogens is 258 g/mol. The number of aromatic nitrogens is 1. The number of piperazine rings is 1. The third-order valence-corrected chi connectivity index (χ3v) is 3.15. The molecule has 1 aromatic rings. The summed E-state index contributed by atoms with van der Waals surface area (Å²) in [6.07, 6.45) is 3.31. The highest BCUT2D eigenvalue weighted by Crippen LogP contribution is 1.96. The standard InChI is InChI=1S/C13H19N5O2/c1-17-5-7-18(8-6-17)16-13(20)12(19)15-10-11-3-2-4-14-9-11/h2-4,9H,5-8,10H2,1H3,(H,15,19)(H,16,20). The molecule has 0 spiro atoms. The Morgan fingerprint density at radius 3 is 2.65 bits per heavy atom. The van der Waals surface area contributed by atoms with Gasteiger partial charge in [0.1, 0.15) is 0 Å². The van der Waals surface area contributed by atoms with Gasteiger partial charge in [0.05, 0.1) is 0 Å². The van der Waals surface area contributed by atoms with E-state index in [-0.39, 0.29) is 0 Å². The van der Waals surface area contributed by atoms with E-state index in [0.717, 1.165) is 31.7 Å². The van der Waals surface area contributed by atoms with Crippen molar-refractivity contribution in [3.8, 4) is 0 Å². The van der Waals surface area contributed by atoms with Gasteiger partial charge in [0, 0.05) is 45.1 Å². The lowest BCUT2D eigenvalue weighted by Gasteiger charge is -2.32. The second-order valence-electron chi connectivity index (χ2n) is 4.78. The molecule has 1 fully saturated rings. The smallest absolute Gasteiger partial charge is 0.323 e. The van der Waals surface area contributed by atoms with Crippen LogP contribution < -0.4 is 10.7 Å². The minimum atomic E-state index is -0.632. The number of hydrogen-bond acceptors (Lipinski definition) is 5. The summed E-state index contributed by atoms with van der Waals surface area (Å²) in [7, 11) is 2.03. The summed E-state index contributed by atoms with van der Waals surface area (Å²) in [6, 6.07) is 3.62. The van der Waals surface area contributed by atoms with Crippen molar-refractivity contribution in [2.24, 2.45) is 0 Å². The Kier molecular flexibility index (Phi) is 5.03.